The fourth-order valence-electron chi connectivity index (χ4n) is 2.05. The molecule has 0 amide bonds. The molecule has 2 aliphatic rings. The van der Waals surface area contributed by atoms with Crippen LogP contribution in [0.1, 0.15) is 37.9 Å². The maximum absolute atomic E-state index is 13.3. The lowest BCUT2D eigenvalue weighted by Gasteiger charge is -2.04. The smallest absolute Gasteiger partial charge is 0.141 e. The van der Waals surface area contributed by atoms with Crippen LogP contribution >= 0.6 is 0 Å². The molecule has 0 aliphatic heterocycles. The predicted octanol–water partition coefficient (Wildman–Crippen LogP) is 2.74. The van der Waals surface area contributed by atoms with Crippen LogP contribution in [0.3, 0.4) is 0 Å². The van der Waals surface area contributed by atoms with Gasteiger partial charge in [-0.3, -0.25) is 4.68 Å². The largest absolute Gasteiger partial charge is 0.260 e. The quantitative estimate of drug-likeness (QED) is 0.675. The number of alkyl halides is 1. The summed E-state index contributed by atoms with van der Waals surface area (Å²) in [5.41, 5.74) is 1.19. The van der Waals surface area contributed by atoms with Gasteiger partial charge in [0.2, 0.25) is 0 Å². The highest BCUT2D eigenvalue weighted by molar-refractivity contribution is 5.39. The van der Waals surface area contributed by atoms with Crippen LogP contribution in [-0.4, -0.2) is 15.4 Å². The monoisotopic (exact) mass is 196 g/mol. The first kappa shape index (κ1) is 9.69. The molecule has 78 valence electrons. The SMILES string of the molecule is CC.Cc1cnn(C23CC2(F)C3)c1C. The minimum atomic E-state index is -0.879. The molecule has 0 unspecified atom stereocenters. The lowest BCUT2D eigenvalue weighted by Crippen LogP contribution is -2.10. The molecular weight excluding hydrogens is 179 g/mol. The second-order valence-corrected chi connectivity index (χ2v) is 4.18. The molecule has 0 N–H and O–H groups in total. The summed E-state index contributed by atoms with van der Waals surface area (Å²) in [7, 11) is 0. The summed E-state index contributed by atoms with van der Waals surface area (Å²) < 4.78 is 15.2. The molecule has 0 aromatic carbocycles. The molecule has 0 spiro atoms. The summed E-state index contributed by atoms with van der Waals surface area (Å²) in [4.78, 5) is 0. The Morgan fingerprint density at radius 1 is 1.36 bits per heavy atom. The first-order chi connectivity index (χ1) is 6.59. The van der Waals surface area contributed by atoms with E-state index in [2.05, 4.69) is 5.10 Å². The van der Waals surface area contributed by atoms with Crippen molar-refractivity contribution >= 4 is 0 Å². The Balaban J connectivity index is 0.000000354. The minimum absolute atomic E-state index is 0.203. The summed E-state index contributed by atoms with van der Waals surface area (Å²) >= 11 is 0. The van der Waals surface area contributed by atoms with Gasteiger partial charge < -0.3 is 0 Å². The van der Waals surface area contributed by atoms with E-state index >= 15 is 0 Å². The van der Waals surface area contributed by atoms with Crippen molar-refractivity contribution < 1.29 is 4.39 Å². The Labute approximate surface area is 84.1 Å². The maximum Gasteiger partial charge on any atom is 0.141 e. The predicted molar refractivity (Wildman–Crippen MR) is 54.1 cm³/mol. The highest BCUT2D eigenvalue weighted by Crippen LogP contribution is 2.78. The van der Waals surface area contributed by atoms with Crippen LogP contribution in [0.5, 0.6) is 0 Å². The molecule has 0 bridgehead atoms. The number of nitrogens with zero attached hydrogens (tertiary/aromatic N) is 2. The summed E-state index contributed by atoms with van der Waals surface area (Å²) in [6.07, 6.45) is 3.19. The second kappa shape index (κ2) is 2.59. The van der Waals surface area contributed by atoms with Gasteiger partial charge in [-0.25, -0.2) is 4.39 Å². The van der Waals surface area contributed by atoms with Crippen molar-refractivity contribution in [1.29, 1.82) is 0 Å². The molecule has 14 heavy (non-hydrogen) atoms. The van der Waals surface area contributed by atoms with E-state index in [0.717, 1.165) is 11.3 Å². The summed E-state index contributed by atoms with van der Waals surface area (Å²) in [5.74, 6) is 0. The third-order valence-electron chi connectivity index (χ3n) is 3.39. The number of hydrogen-bond acceptors (Lipinski definition) is 1. The van der Waals surface area contributed by atoms with Crippen molar-refractivity contribution in [2.45, 2.75) is 51.7 Å². The van der Waals surface area contributed by atoms with Crippen LogP contribution in [0, 0.1) is 13.8 Å². The van der Waals surface area contributed by atoms with Gasteiger partial charge in [-0.1, -0.05) is 13.8 Å². The van der Waals surface area contributed by atoms with E-state index in [4.69, 9.17) is 0 Å². The molecule has 1 aromatic rings. The van der Waals surface area contributed by atoms with Gasteiger partial charge in [0.1, 0.15) is 11.2 Å². The minimum Gasteiger partial charge on any atom is -0.260 e. The van der Waals surface area contributed by atoms with E-state index in [1.54, 1.807) is 0 Å². The fraction of sp³-hybridized carbons (Fsp3) is 0.727. The summed E-state index contributed by atoms with van der Waals surface area (Å²) in [6.45, 7) is 8.02. The molecule has 2 saturated carbocycles. The normalized spacial score (nSPS) is 36.9. The van der Waals surface area contributed by atoms with Gasteiger partial charge in [-0.05, 0) is 19.4 Å². The first-order valence-corrected chi connectivity index (χ1v) is 5.30. The van der Waals surface area contributed by atoms with Gasteiger partial charge in [0, 0.05) is 18.5 Å². The number of aromatic nitrogens is 2. The Kier molecular flexibility index (Phi) is 1.79. The Morgan fingerprint density at radius 2 is 1.86 bits per heavy atom. The second-order valence-electron chi connectivity index (χ2n) is 4.18. The van der Waals surface area contributed by atoms with E-state index in [9.17, 15) is 4.39 Å². The van der Waals surface area contributed by atoms with Crippen LogP contribution in [-0.2, 0) is 5.54 Å². The number of aryl methyl sites for hydroxylation is 1. The van der Waals surface area contributed by atoms with Crippen LogP contribution in [0.15, 0.2) is 6.20 Å². The van der Waals surface area contributed by atoms with Gasteiger partial charge in [-0.2, -0.15) is 5.10 Å². The van der Waals surface area contributed by atoms with Gasteiger partial charge in [0.25, 0.3) is 0 Å². The maximum atomic E-state index is 13.3. The molecular formula is C11H17FN2. The average molecular weight is 196 g/mol. The number of rotatable bonds is 1. The molecule has 0 saturated heterocycles. The zero-order valence-electron chi connectivity index (χ0n) is 9.26. The highest BCUT2D eigenvalue weighted by atomic mass is 19.1. The van der Waals surface area contributed by atoms with Crippen molar-refractivity contribution in [3.05, 3.63) is 17.5 Å². The third kappa shape index (κ3) is 0.928. The molecule has 2 aliphatic carbocycles. The number of fused-ring (bicyclic) bond motifs is 1. The van der Waals surface area contributed by atoms with E-state index in [0.29, 0.717) is 12.8 Å². The lowest BCUT2D eigenvalue weighted by molar-refractivity contribution is 0.389. The molecule has 1 aromatic heterocycles. The van der Waals surface area contributed by atoms with Crippen LogP contribution in [0.25, 0.3) is 0 Å². The zero-order chi connectivity index (χ0) is 10.6. The third-order valence-corrected chi connectivity index (χ3v) is 3.39. The Morgan fingerprint density at radius 3 is 2.14 bits per heavy atom. The summed E-state index contributed by atoms with van der Waals surface area (Å²) in [5, 5.41) is 4.21. The Bertz CT molecular complexity index is 361. The van der Waals surface area contributed by atoms with E-state index in [1.807, 2.05) is 38.6 Å². The van der Waals surface area contributed by atoms with Crippen molar-refractivity contribution in [2.75, 3.05) is 0 Å². The number of halogens is 1. The summed E-state index contributed by atoms with van der Waals surface area (Å²) in [6, 6.07) is 0. The number of hydrogen-bond donors (Lipinski definition) is 0. The van der Waals surface area contributed by atoms with Gasteiger partial charge in [0.05, 0.1) is 6.20 Å². The topological polar surface area (TPSA) is 17.8 Å². The molecule has 0 radical (unpaired) electrons. The van der Waals surface area contributed by atoms with Crippen molar-refractivity contribution in [3.8, 4) is 0 Å². The molecule has 1 heterocycles. The fourth-order valence-corrected chi connectivity index (χ4v) is 2.05. The molecule has 2 nitrogen and oxygen atoms in total. The van der Waals surface area contributed by atoms with Crippen molar-refractivity contribution in [1.82, 2.24) is 9.78 Å². The zero-order valence-corrected chi connectivity index (χ0v) is 9.26. The molecule has 3 rings (SSSR count). The van der Waals surface area contributed by atoms with Crippen molar-refractivity contribution in [3.63, 3.8) is 0 Å². The van der Waals surface area contributed by atoms with E-state index in [-0.39, 0.29) is 5.54 Å². The van der Waals surface area contributed by atoms with Crippen LogP contribution in [0.2, 0.25) is 0 Å². The van der Waals surface area contributed by atoms with Gasteiger partial charge in [-0.15, -0.1) is 0 Å². The lowest BCUT2D eigenvalue weighted by atomic mass is 10.3. The Hall–Kier alpha value is -0.860. The highest BCUT2D eigenvalue weighted by Gasteiger charge is 2.88. The van der Waals surface area contributed by atoms with E-state index in [1.165, 1.54) is 0 Å². The standard InChI is InChI=1S/C9H11FN2.C2H6/c1-6-3-11-12(7(6)2)9-4-8(9,10)5-9;1-2/h3H,4-5H2,1-2H3;1-2H3. The van der Waals surface area contributed by atoms with Crippen LogP contribution in [0.4, 0.5) is 4.39 Å². The van der Waals surface area contributed by atoms with Gasteiger partial charge >= 0.3 is 0 Å². The van der Waals surface area contributed by atoms with Crippen LogP contribution < -0.4 is 0 Å². The first-order valence-electron chi connectivity index (χ1n) is 5.30. The van der Waals surface area contributed by atoms with Crippen molar-refractivity contribution in [2.24, 2.45) is 0 Å². The van der Waals surface area contributed by atoms with E-state index < -0.39 is 5.67 Å². The molecule has 0 atom stereocenters. The average Bonchev–Trinajstić information content (AvgIpc) is 2.86. The molecule has 3 heteroatoms. The van der Waals surface area contributed by atoms with Gasteiger partial charge in [0.15, 0.2) is 0 Å². The molecule has 2 fully saturated rings.